The molecule has 0 aliphatic carbocycles. The van der Waals surface area contributed by atoms with E-state index in [-0.39, 0.29) is 0 Å². The van der Waals surface area contributed by atoms with E-state index in [9.17, 15) is 0 Å². The molecule has 1 aromatic heterocycles. The predicted molar refractivity (Wildman–Crippen MR) is 227 cm³/mol. The van der Waals surface area contributed by atoms with Gasteiger partial charge >= 0.3 is 0 Å². The molecule has 0 aliphatic heterocycles. The maximum absolute atomic E-state index is 4.89. The quantitative estimate of drug-likeness (QED) is 0.163. The molecular formula is C52H34N2. The Morgan fingerprint density at radius 3 is 1.24 bits per heavy atom. The monoisotopic (exact) mass is 686 g/mol. The minimum atomic E-state index is 0.703. The van der Waals surface area contributed by atoms with E-state index < -0.39 is 0 Å². The third kappa shape index (κ3) is 5.62. The first-order valence-electron chi connectivity index (χ1n) is 18.4. The molecule has 0 radical (unpaired) electrons. The largest absolute Gasteiger partial charge is 0.236 e. The highest BCUT2D eigenvalue weighted by Crippen LogP contribution is 2.45. The molecule has 1 heterocycles. The molecule has 54 heavy (non-hydrogen) atoms. The summed E-state index contributed by atoms with van der Waals surface area (Å²) in [6, 6.07) is 69.5. The van der Waals surface area contributed by atoms with Crippen molar-refractivity contribution >= 4 is 32.3 Å². The molecule has 0 unspecified atom stereocenters. The average molecular weight is 687 g/mol. The maximum atomic E-state index is 4.89. The van der Waals surface area contributed by atoms with Gasteiger partial charge in [0.15, 0.2) is 5.82 Å². The fraction of sp³-hybridized carbons (Fsp3) is 0. The van der Waals surface area contributed by atoms with Crippen LogP contribution in [0.1, 0.15) is 0 Å². The fourth-order valence-electron chi connectivity index (χ4n) is 7.97. The van der Waals surface area contributed by atoms with Gasteiger partial charge in [-0.3, -0.25) is 0 Å². The Morgan fingerprint density at radius 2 is 0.685 bits per heavy atom. The zero-order valence-electron chi connectivity index (χ0n) is 29.5. The van der Waals surface area contributed by atoms with Crippen molar-refractivity contribution in [2.45, 2.75) is 0 Å². The molecule has 0 atom stereocenters. The number of benzene rings is 9. The second kappa shape index (κ2) is 13.4. The molecule has 0 aliphatic rings. The molecule has 0 fully saturated rings. The van der Waals surface area contributed by atoms with Crippen molar-refractivity contribution in [2.24, 2.45) is 0 Å². The highest BCUT2D eigenvalue weighted by atomic mass is 14.9. The molecule has 0 bridgehead atoms. The summed E-state index contributed by atoms with van der Waals surface area (Å²) in [6.07, 6.45) is 3.89. The van der Waals surface area contributed by atoms with E-state index in [0.29, 0.717) is 5.82 Å². The fourth-order valence-corrected chi connectivity index (χ4v) is 7.97. The smallest absolute Gasteiger partial charge is 0.159 e. The van der Waals surface area contributed by atoms with Gasteiger partial charge in [-0.1, -0.05) is 176 Å². The van der Waals surface area contributed by atoms with E-state index in [1.165, 1.54) is 65.7 Å². The third-order valence-electron chi connectivity index (χ3n) is 10.6. The Labute approximate surface area is 314 Å². The van der Waals surface area contributed by atoms with Crippen LogP contribution in [0.25, 0.3) is 99.3 Å². The Hall–Kier alpha value is -7.16. The first-order chi connectivity index (χ1) is 26.8. The lowest BCUT2D eigenvalue weighted by molar-refractivity contribution is 1.18. The van der Waals surface area contributed by atoms with E-state index >= 15 is 0 Å². The van der Waals surface area contributed by atoms with Gasteiger partial charge in [0.05, 0.1) is 0 Å². The van der Waals surface area contributed by atoms with Crippen LogP contribution in [-0.2, 0) is 0 Å². The van der Waals surface area contributed by atoms with Gasteiger partial charge in [0, 0.05) is 23.5 Å². The zero-order chi connectivity index (χ0) is 35.8. The topological polar surface area (TPSA) is 25.8 Å². The lowest BCUT2D eigenvalue weighted by Crippen LogP contribution is -1.93. The van der Waals surface area contributed by atoms with E-state index in [1.807, 2.05) is 12.4 Å². The van der Waals surface area contributed by atoms with Crippen molar-refractivity contribution in [2.75, 3.05) is 0 Å². The molecule has 10 aromatic rings. The number of rotatable bonds is 6. The van der Waals surface area contributed by atoms with Crippen LogP contribution in [0.2, 0.25) is 0 Å². The van der Waals surface area contributed by atoms with Crippen LogP contribution in [0.4, 0.5) is 0 Å². The molecule has 0 amide bonds. The van der Waals surface area contributed by atoms with Crippen LogP contribution in [-0.4, -0.2) is 9.97 Å². The second-order valence-electron chi connectivity index (χ2n) is 13.8. The zero-order valence-corrected chi connectivity index (χ0v) is 29.5. The summed E-state index contributed by atoms with van der Waals surface area (Å²) in [6.45, 7) is 0. The standard InChI is InChI=1S/C52H34N2/c1-3-14-35(15-4-1)40-30-41(36-16-5-2-6-17-36)32-42(31-40)43-33-53-52(54-34-43)39-28-26-38(27-29-39)50-46-21-9-11-23-48(46)51(49-24-12-10-22-47(49)50)45-25-13-19-37-18-7-8-20-44(37)45/h1-34H. The van der Waals surface area contributed by atoms with Gasteiger partial charge in [-0.2, -0.15) is 0 Å². The van der Waals surface area contributed by atoms with Gasteiger partial charge < -0.3 is 0 Å². The summed E-state index contributed by atoms with van der Waals surface area (Å²) in [4.78, 5) is 9.78. The Bertz CT molecular complexity index is 2830. The van der Waals surface area contributed by atoms with E-state index in [0.717, 1.165) is 27.8 Å². The van der Waals surface area contributed by atoms with Gasteiger partial charge in [0.1, 0.15) is 0 Å². The summed E-state index contributed by atoms with van der Waals surface area (Å²) in [5.74, 6) is 0.703. The minimum absolute atomic E-state index is 0.703. The molecular weight excluding hydrogens is 653 g/mol. The van der Waals surface area contributed by atoms with Crippen molar-refractivity contribution in [3.63, 3.8) is 0 Å². The van der Waals surface area contributed by atoms with Crippen molar-refractivity contribution in [3.05, 3.63) is 207 Å². The molecule has 10 rings (SSSR count). The molecule has 0 saturated carbocycles. The van der Waals surface area contributed by atoms with Gasteiger partial charge in [-0.15, -0.1) is 0 Å². The molecule has 2 nitrogen and oxygen atoms in total. The van der Waals surface area contributed by atoms with E-state index in [4.69, 9.17) is 9.97 Å². The van der Waals surface area contributed by atoms with Crippen molar-refractivity contribution in [1.29, 1.82) is 0 Å². The summed E-state index contributed by atoms with van der Waals surface area (Å²) in [7, 11) is 0. The van der Waals surface area contributed by atoms with Crippen LogP contribution in [0.3, 0.4) is 0 Å². The average Bonchev–Trinajstić information content (AvgIpc) is 3.26. The maximum Gasteiger partial charge on any atom is 0.159 e. The van der Waals surface area contributed by atoms with Crippen LogP contribution in [0.15, 0.2) is 207 Å². The number of nitrogens with zero attached hydrogens (tertiary/aromatic N) is 2. The van der Waals surface area contributed by atoms with Crippen LogP contribution in [0, 0.1) is 0 Å². The molecule has 252 valence electrons. The van der Waals surface area contributed by atoms with Gasteiger partial charge in [0.2, 0.25) is 0 Å². The lowest BCUT2D eigenvalue weighted by Gasteiger charge is -2.19. The number of aromatic nitrogens is 2. The number of hydrogen-bond acceptors (Lipinski definition) is 2. The predicted octanol–water partition coefficient (Wildman–Crippen LogP) is 13.9. The Balaban J connectivity index is 1.04. The second-order valence-corrected chi connectivity index (χ2v) is 13.8. The van der Waals surface area contributed by atoms with Crippen molar-refractivity contribution in [3.8, 4) is 67.0 Å². The van der Waals surface area contributed by atoms with E-state index in [2.05, 4.69) is 194 Å². The Kier molecular flexibility index (Phi) is 7.85. The van der Waals surface area contributed by atoms with Crippen LogP contribution in [0.5, 0.6) is 0 Å². The lowest BCUT2D eigenvalue weighted by atomic mass is 9.84. The SMILES string of the molecule is c1ccc(-c2cc(-c3ccccc3)cc(-c3cnc(-c4ccc(-c5c6ccccc6c(-c6cccc7ccccc67)c6ccccc56)cc4)nc3)c2)cc1. The molecule has 9 aromatic carbocycles. The molecule has 0 saturated heterocycles. The third-order valence-corrected chi connectivity index (χ3v) is 10.6. The summed E-state index contributed by atoms with van der Waals surface area (Å²) >= 11 is 0. The highest BCUT2D eigenvalue weighted by molar-refractivity contribution is 6.23. The van der Waals surface area contributed by atoms with Crippen LogP contribution < -0.4 is 0 Å². The van der Waals surface area contributed by atoms with Crippen molar-refractivity contribution < 1.29 is 0 Å². The first kappa shape index (κ1) is 31.6. The Morgan fingerprint density at radius 1 is 0.259 bits per heavy atom. The van der Waals surface area contributed by atoms with Crippen LogP contribution >= 0.6 is 0 Å². The number of hydrogen-bond donors (Lipinski definition) is 0. The van der Waals surface area contributed by atoms with E-state index in [1.54, 1.807) is 0 Å². The summed E-state index contributed by atoms with van der Waals surface area (Å²) in [5, 5.41) is 7.48. The molecule has 0 spiro atoms. The number of fused-ring (bicyclic) bond motifs is 3. The molecule has 2 heteroatoms. The highest BCUT2D eigenvalue weighted by Gasteiger charge is 2.18. The first-order valence-corrected chi connectivity index (χ1v) is 18.4. The van der Waals surface area contributed by atoms with Gasteiger partial charge in [0.25, 0.3) is 0 Å². The van der Waals surface area contributed by atoms with Gasteiger partial charge in [-0.25, -0.2) is 9.97 Å². The van der Waals surface area contributed by atoms with Crippen molar-refractivity contribution in [1.82, 2.24) is 9.97 Å². The minimum Gasteiger partial charge on any atom is -0.236 e. The summed E-state index contributed by atoms with van der Waals surface area (Å²) < 4.78 is 0. The molecule has 0 N–H and O–H groups in total. The van der Waals surface area contributed by atoms with Gasteiger partial charge in [-0.05, 0) is 101 Å². The summed E-state index contributed by atoms with van der Waals surface area (Å²) in [5.41, 5.74) is 12.7. The normalized spacial score (nSPS) is 11.3.